The van der Waals surface area contributed by atoms with Gasteiger partial charge in [0.05, 0.1) is 23.4 Å². The molecular weight excluding hydrogens is 352 g/mol. The van der Waals surface area contributed by atoms with Crippen molar-refractivity contribution in [3.05, 3.63) is 47.5 Å². The van der Waals surface area contributed by atoms with Crippen molar-refractivity contribution in [3.8, 4) is 5.75 Å². The summed E-state index contributed by atoms with van der Waals surface area (Å²) in [6.07, 6.45) is 2.86. The maximum Gasteiger partial charge on any atom is 0.225 e. The third-order valence-corrected chi connectivity index (χ3v) is 6.25. The average molecular weight is 374 g/mol. The molecule has 0 aromatic heterocycles. The van der Waals surface area contributed by atoms with Gasteiger partial charge in [-0.1, -0.05) is 6.07 Å². The summed E-state index contributed by atoms with van der Waals surface area (Å²) in [7, 11) is -1.99. The minimum absolute atomic E-state index is 0.120. The van der Waals surface area contributed by atoms with Gasteiger partial charge in [-0.15, -0.1) is 0 Å². The molecule has 1 amide bonds. The molecule has 3 rings (SSSR count). The first-order valence-corrected chi connectivity index (χ1v) is 10.1. The zero-order valence-electron chi connectivity index (χ0n) is 14.6. The molecule has 0 aliphatic heterocycles. The quantitative estimate of drug-likeness (QED) is 0.757. The van der Waals surface area contributed by atoms with Crippen LogP contribution in [0.3, 0.4) is 0 Å². The van der Waals surface area contributed by atoms with Crippen LogP contribution in [0.2, 0.25) is 0 Å². The molecule has 6 nitrogen and oxygen atoms in total. The predicted molar refractivity (Wildman–Crippen MR) is 101 cm³/mol. The van der Waals surface area contributed by atoms with Crippen molar-refractivity contribution in [2.45, 2.75) is 30.6 Å². The predicted octanol–water partition coefficient (Wildman–Crippen LogP) is 2.57. The van der Waals surface area contributed by atoms with Crippen LogP contribution in [0.1, 0.15) is 24.0 Å². The van der Waals surface area contributed by atoms with Crippen molar-refractivity contribution in [2.75, 3.05) is 23.9 Å². The second-order valence-corrected chi connectivity index (χ2v) is 8.47. The summed E-state index contributed by atoms with van der Waals surface area (Å²) in [5, 5.41) is 2.66. The van der Waals surface area contributed by atoms with Crippen molar-refractivity contribution in [2.24, 2.45) is 0 Å². The van der Waals surface area contributed by atoms with E-state index in [1.807, 2.05) is 6.07 Å². The van der Waals surface area contributed by atoms with Crippen LogP contribution < -0.4 is 15.8 Å². The molecule has 0 heterocycles. The highest BCUT2D eigenvalue weighted by Gasteiger charge is 2.20. The number of nitrogen functional groups attached to an aromatic ring is 1. The highest BCUT2D eigenvalue weighted by Crippen LogP contribution is 2.26. The monoisotopic (exact) mass is 374 g/mol. The van der Waals surface area contributed by atoms with Crippen LogP contribution in [-0.4, -0.2) is 27.2 Å². The molecule has 0 saturated heterocycles. The number of hydrogen-bond donors (Lipinski definition) is 2. The summed E-state index contributed by atoms with van der Waals surface area (Å²) in [4.78, 5) is 12.4. The molecule has 26 heavy (non-hydrogen) atoms. The van der Waals surface area contributed by atoms with Crippen molar-refractivity contribution in [3.63, 3.8) is 0 Å². The molecular formula is C19H22N2O4S. The van der Waals surface area contributed by atoms with Gasteiger partial charge >= 0.3 is 0 Å². The molecule has 0 spiro atoms. The Morgan fingerprint density at radius 3 is 2.65 bits per heavy atom. The van der Waals surface area contributed by atoms with E-state index in [0.717, 1.165) is 24.8 Å². The largest absolute Gasteiger partial charge is 0.495 e. The van der Waals surface area contributed by atoms with Gasteiger partial charge in [-0.2, -0.15) is 0 Å². The summed E-state index contributed by atoms with van der Waals surface area (Å²) in [5.74, 6) is -0.0926. The van der Waals surface area contributed by atoms with Gasteiger partial charge in [-0.3, -0.25) is 4.79 Å². The summed E-state index contributed by atoms with van der Waals surface area (Å²) in [6.45, 7) is 0. The van der Waals surface area contributed by atoms with Gasteiger partial charge in [-0.05, 0) is 60.7 Å². The van der Waals surface area contributed by atoms with E-state index in [0.29, 0.717) is 22.0 Å². The molecule has 2 aromatic rings. The Labute approximate surface area is 153 Å². The zero-order chi connectivity index (χ0) is 18.7. The van der Waals surface area contributed by atoms with Gasteiger partial charge in [0.2, 0.25) is 5.91 Å². The molecule has 3 N–H and O–H groups in total. The molecule has 0 fully saturated rings. The lowest BCUT2D eigenvalue weighted by Crippen LogP contribution is -2.17. The summed E-state index contributed by atoms with van der Waals surface area (Å²) >= 11 is 0. The number of amides is 1. The minimum atomic E-state index is -3.49. The lowest BCUT2D eigenvalue weighted by atomic mass is 10.1. The molecule has 0 saturated carbocycles. The van der Waals surface area contributed by atoms with Crippen LogP contribution in [0.15, 0.2) is 41.3 Å². The number of carbonyl (C=O) groups excluding carboxylic acids is 1. The number of nitrogens with one attached hydrogen (secondary N) is 1. The number of fused-ring (bicyclic) bond motifs is 1. The number of aryl methyl sites for hydroxylation is 2. The van der Waals surface area contributed by atoms with Crippen molar-refractivity contribution in [1.82, 2.24) is 0 Å². The molecule has 0 atom stereocenters. The molecule has 1 aliphatic carbocycles. The molecule has 138 valence electrons. The van der Waals surface area contributed by atoms with Gasteiger partial charge in [-0.25, -0.2) is 8.42 Å². The second-order valence-electron chi connectivity index (χ2n) is 6.36. The average Bonchev–Trinajstić information content (AvgIpc) is 3.08. The number of ether oxygens (including phenoxy) is 1. The summed E-state index contributed by atoms with van der Waals surface area (Å²) in [6, 6.07) is 10.1. The lowest BCUT2D eigenvalue weighted by molar-refractivity contribution is -0.115. The third kappa shape index (κ3) is 3.99. The van der Waals surface area contributed by atoms with E-state index in [4.69, 9.17) is 10.5 Å². The fraction of sp³-hybridized carbons (Fsp3) is 0.316. The van der Waals surface area contributed by atoms with Crippen LogP contribution >= 0.6 is 0 Å². The maximum atomic E-state index is 12.5. The number of carbonyl (C=O) groups is 1. The Kier molecular flexibility index (Phi) is 5.18. The van der Waals surface area contributed by atoms with Crippen molar-refractivity contribution in [1.29, 1.82) is 0 Å². The maximum absolute atomic E-state index is 12.5. The van der Waals surface area contributed by atoms with E-state index in [1.54, 1.807) is 30.3 Å². The zero-order valence-corrected chi connectivity index (χ0v) is 15.4. The summed E-state index contributed by atoms with van der Waals surface area (Å²) in [5.41, 5.74) is 9.02. The van der Waals surface area contributed by atoms with Gasteiger partial charge < -0.3 is 15.8 Å². The number of nitrogens with two attached hydrogens (primary N) is 1. The number of sulfone groups is 1. The van der Waals surface area contributed by atoms with E-state index >= 15 is 0 Å². The number of benzene rings is 2. The fourth-order valence-electron chi connectivity index (χ4n) is 3.12. The molecule has 2 aromatic carbocycles. The van der Waals surface area contributed by atoms with Crippen LogP contribution in [0, 0.1) is 0 Å². The van der Waals surface area contributed by atoms with E-state index in [2.05, 4.69) is 5.32 Å². The first-order valence-electron chi connectivity index (χ1n) is 8.47. The topological polar surface area (TPSA) is 98.5 Å². The summed E-state index contributed by atoms with van der Waals surface area (Å²) < 4.78 is 30.1. The number of rotatable bonds is 6. The SMILES string of the molecule is COc1ccc(NC(=O)CCS(=O)(=O)c2ccc3c(c2)CCC3)cc1N. The third-order valence-electron chi connectivity index (χ3n) is 4.54. The lowest BCUT2D eigenvalue weighted by Gasteiger charge is -2.10. The van der Waals surface area contributed by atoms with Crippen molar-refractivity contribution >= 4 is 27.1 Å². The Bertz CT molecular complexity index is 939. The van der Waals surface area contributed by atoms with Crippen LogP contribution in [-0.2, 0) is 27.5 Å². The van der Waals surface area contributed by atoms with E-state index < -0.39 is 9.84 Å². The Balaban J connectivity index is 1.62. The van der Waals surface area contributed by atoms with Gasteiger partial charge in [0.15, 0.2) is 9.84 Å². The second kappa shape index (κ2) is 7.37. The Hall–Kier alpha value is -2.54. The molecule has 0 bridgehead atoms. The van der Waals surface area contributed by atoms with Gasteiger partial charge in [0.25, 0.3) is 0 Å². The van der Waals surface area contributed by atoms with Crippen molar-refractivity contribution < 1.29 is 17.9 Å². The number of anilines is 2. The highest BCUT2D eigenvalue weighted by atomic mass is 32.2. The van der Waals surface area contributed by atoms with Crippen LogP contribution in [0.25, 0.3) is 0 Å². The normalized spacial score (nSPS) is 13.3. The first-order chi connectivity index (χ1) is 12.4. The van der Waals surface area contributed by atoms with Crippen LogP contribution in [0.5, 0.6) is 5.75 Å². The first kappa shape index (κ1) is 18.3. The van der Waals surface area contributed by atoms with E-state index in [-0.39, 0.29) is 18.1 Å². The molecule has 0 unspecified atom stereocenters. The minimum Gasteiger partial charge on any atom is -0.495 e. The molecule has 7 heteroatoms. The standard InChI is InChI=1S/C19H22N2O4S/c1-25-18-8-6-15(12-17(18)20)21-19(22)9-10-26(23,24)16-7-5-13-3-2-4-14(13)11-16/h5-8,11-12H,2-4,9-10,20H2,1H3,(H,21,22). The fourth-order valence-corrected chi connectivity index (χ4v) is 4.41. The Morgan fingerprint density at radius 2 is 1.92 bits per heavy atom. The van der Waals surface area contributed by atoms with Gasteiger partial charge in [0.1, 0.15) is 5.75 Å². The van der Waals surface area contributed by atoms with E-state index in [1.165, 1.54) is 12.7 Å². The van der Waals surface area contributed by atoms with Crippen LogP contribution in [0.4, 0.5) is 11.4 Å². The number of methoxy groups -OCH3 is 1. The molecule has 1 aliphatic rings. The van der Waals surface area contributed by atoms with Gasteiger partial charge in [0, 0.05) is 12.1 Å². The smallest absolute Gasteiger partial charge is 0.225 e. The Morgan fingerprint density at radius 1 is 1.15 bits per heavy atom. The highest BCUT2D eigenvalue weighted by molar-refractivity contribution is 7.91. The number of hydrogen-bond acceptors (Lipinski definition) is 5. The molecule has 0 radical (unpaired) electrons. The van der Waals surface area contributed by atoms with E-state index in [9.17, 15) is 13.2 Å².